The van der Waals surface area contributed by atoms with Crippen LogP contribution in [-0.2, 0) is 11.2 Å². The lowest BCUT2D eigenvalue weighted by atomic mass is 10.1. The van der Waals surface area contributed by atoms with E-state index in [-0.39, 0.29) is 5.91 Å². The number of amides is 1. The molecule has 0 heterocycles. The summed E-state index contributed by atoms with van der Waals surface area (Å²) in [6.07, 6.45) is 1.10. The molecule has 124 valence electrons. The highest BCUT2D eigenvalue weighted by molar-refractivity contribution is 5.76. The topological polar surface area (TPSA) is 48.0 Å². The Hall–Kier alpha value is -1.91. The lowest BCUT2D eigenvalue weighted by molar-refractivity contribution is -0.130. The van der Waals surface area contributed by atoms with E-state index in [1.807, 2.05) is 19.2 Å². The van der Waals surface area contributed by atoms with Crippen molar-refractivity contribution in [1.82, 2.24) is 4.90 Å². The van der Waals surface area contributed by atoms with Gasteiger partial charge in [-0.2, -0.15) is 0 Å². The molecule has 0 radical (unpaired) electrons. The Morgan fingerprint density at radius 2 is 1.64 bits per heavy atom. The second-order valence-corrected chi connectivity index (χ2v) is 5.70. The first kappa shape index (κ1) is 18.1. The van der Waals surface area contributed by atoms with E-state index in [2.05, 4.69) is 13.8 Å². The molecular weight excluding hydrogens is 282 g/mol. The van der Waals surface area contributed by atoms with Gasteiger partial charge < -0.3 is 19.1 Å². The molecule has 0 N–H and O–H groups in total. The predicted octanol–water partition coefficient (Wildman–Crippen LogP) is 2.76. The number of carbonyl (C=O) groups is 1. The van der Waals surface area contributed by atoms with Gasteiger partial charge in [0, 0.05) is 20.0 Å². The number of aryl methyl sites for hydroxylation is 1. The Labute approximate surface area is 133 Å². The van der Waals surface area contributed by atoms with Crippen LogP contribution in [0.3, 0.4) is 0 Å². The lowest BCUT2D eigenvalue weighted by Crippen LogP contribution is -2.30. The van der Waals surface area contributed by atoms with Gasteiger partial charge in [0.1, 0.15) is 0 Å². The molecule has 5 nitrogen and oxygen atoms in total. The van der Waals surface area contributed by atoms with Gasteiger partial charge in [0.2, 0.25) is 11.7 Å². The molecule has 1 rings (SSSR count). The fourth-order valence-electron chi connectivity index (χ4n) is 2.37. The third-order valence-electron chi connectivity index (χ3n) is 3.42. The molecule has 0 aliphatic heterocycles. The van der Waals surface area contributed by atoms with Crippen molar-refractivity contribution >= 4 is 5.91 Å². The highest BCUT2D eigenvalue weighted by atomic mass is 16.5. The molecule has 1 aromatic carbocycles. The molecule has 0 atom stereocenters. The lowest BCUT2D eigenvalue weighted by Gasteiger charge is -2.19. The minimum absolute atomic E-state index is 0.141. The van der Waals surface area contributed by atoms with E-state index in [4.69, 9.17) is 14.2 Å². The van der Waals surface area contributed by atoms with Crippen LogP contribution in [0.4, 0.5) is 0 Å². The summed E-state index contributed by atoms with van der Waals surface area (Å²) in [4.78, 5) is 13.9. The highest BCUT2D eigenvalue weighted by Crippen LogP contribution is 2.38. The minimum Gasteiger partial charge on any atom is -0.493 e. The van der Waals surface area contributed by atoms with Crippen LogP contribution in [-0.4, -0.2) is 45.7 Å². The molecule has 0 saturated carbocycles. The van der Waals surface area contributed by atoms with Crippen LogP contribution in [0.1, 0.15) is 25.8 Å². The Balaban J connectivity index is 2.79. The van der Waals surface area contributed by atoms with Gasteiger partial charge in [0.25, 0.3) is 0 Å². The zero-order chi connectivity index (χ0) is 16.7. The Kier molecular flexibility index (Phi) is 7.02. The zero-order valence-electron chi connectivity index (χ0n) is 14.4. The first-order valence-corrected chi connectivity index (χ1v) is 7.45. The summed E-state index contributed by atoms with van der Waals surface area (Å²) in [6, 6.07) is 3.77. The molecule has 5 heteroatoms. The van der Waals surface area contributed by atoms with Gasteiger partial charge in [-0.3, -0.25) is 4.79 Å². The third kappa shape index (κ3) is 4.83. The van der Waals surface area contributed by atoms with E-state index in [9.17, 15) is 4.79 Å². The fourth-order valence-corrected chi connectivity index (χ4v) is 2.37. The van der Waals surface area contributed by atoms with Crippen molar-refractivity contribution in [2.45, 2.75) is 26.7 Å². The van der Waals surface area contributed by atoms with E-state index in [0.29, 0.717) is 36.0 Å². The maximum atomic E-state index is 12.1. The molecule has 22 heavy (non-hydrogen) atoms. The van der Waals surface area contributed by atoms with Gasteiger partial charge in [-0.1, -0.05) is 13.8 Å². The van der Waals surface area contributed by atoms with Gasteiger partial charge in [0.15, 0.2) is 11.5 Å². The quantitative estimate of drug-likeness (QED) is 0.741. The zero-order valence-corrected chi connectivity index (χ0v) is 14.4. The molecule has 0 spiro atoms. The van der Waals surface area contributed by atoms with Gasteiger partial charge in [-0.25, -0.2) is 0 Å². The number of nitrogens with zero attached hydrogens (tertiary/aromatic N) is 1. The van der Waals surface area contributed by atoms with Crippen molar-refractivity contribution in [3.05, 3.63) is 17.7 Å². The Morgan fingerprint density at radius 3 is 2.05 bits per heavy atom. The van der Waals surface area contributed by atoms with Crippen LogP contribution in [0, 0.1) is 5.92 Å². The van der Waals surface area contributed by atoms with Crippen LogP contribution >= 0.6 is 0 Å². The van der Waals surface area contributed by atoms with E-state index < -0.39 is 0 Å². The number of hydrogen-bond acceptors (Lipinski definition) is 4. The molecular formula is C17H27NO4. The predicted molar refractivity (Wildman–Crippen MR) is 86.9 cm³/mol. The average molecular weight is 309 g/mol. The summed E-state index contributed by atoms with van der Waals surface area (Å²) in [7, 11) is 6.59. The largest absolute Gasteiger partial charge is 0.493 e. The van der Waals surface area contributed by atoms with Crippen molar-refractivity contribution in [3.63, 3.8) is 0 Å². The van der Waals surface area contributed by atoms with E-state index in [1.54, 1.807) is 26.2 Å². The molecule has 0 unspecified atom stereocenters. The molecule has 0 fully saturated rings. The summed E-state index contributed by atoms with van der Waals surface area (Å²) in [5.74, 6) is 2.40. The molecule has 0 aromatic heterocycles. The van der Waals surface area contributed by atoms with Crippen molar-refractivity contribution < 1.29 is 19.0 Å². The molecule has 0 bridgehead atoms. The van der Waals surface area contributed by atoms with Gasteiger partial charge in [-0.15, -0.1) is 0 Å². The van der Waals surface area contributed by atoms with Crippen LogP contribution in [0.25, 0.3) is 0 Å². The summed E-state index contributed by atoms with van der Waals surface area (Å²) in [5.41, 5.74) is 0.987. The summed E-state index contributed by atoms with van der Waals surface area (Å²) in [6.45, 7) is 4.97. The van der Waals surface area contributed by atoms with E-state index in [1.165, 1.54) is 0 Å². The highest BCUT2D eigenvalue weighted by Gasteiger charge is 2.15. The smallest absolute Gasteiger partial charge is 0.222 e. The number of rotatable bonds is 8. The minimum atomic E-state index is 0.141. The maximum Gasteiger partial charge on any atom is 0.222 e. The van der Waals surface area contributed by atoms with Crippen LogP contribution in [0.5, 0.6) is 17.2 Å². The molecule has 0 aliphatic rings. The van der Waals surface area contributed by atoms with Crippen molar-refractivity contribution in [2.24, 2.45) is 5.92 Å². The Morgan fingerprint density at radius 1 is 1.09 bits per heavy atom. The number of benzene rings is 1. The van der Waals surface area contributed by atoms with Crippen LogP contribution < -0.4 is 14.2 Å². The molecule has 1 amide bonds. The van der Waals surface area contributed by atoms with Gasteiger partial charge in [-0.05, 0) is 30.0 Å². The van der Waals surface area contributed by atoms with Crippen molar-refractivity contribution in [3.8, 4) is 17.2 Å². The number of ether oxygens (including phenoxy) is 3. The summed E-state index contributed by atoms with van der Waals surface area (Å²) in [5, 5.41) is 0. The number of methoxy groups -OCH3 is 3. The van der Waals surface area contributed by atoms with Gasteiger partial charge in [0.05, 0.1) is 21.3 Å². The molecule has 0 saturated heterocycles. The van der Waals surface area contributed by atoms with E-state index in [0.717, 1.165) is 12.1 Å². The standard InChI is InChI=1S/C17H27NO4/c1-12(2)11-18(3)16(19)8-7-13-9-14(20-4)17(22-6)15(10-13)21-5/h9-10,12H,7-8,11H2,1-6H3. The third-order valence-corrected chi connectivity index (χ3v) is 3.42. The molecule has 1 aromatic rings. The Bertz CT molecular complexity index is 474. The average Bonchev–Trinajstić information content (AvgIpc) is 2.50. The molecule has 0 aliphatic carbocycles. The first-order chi connectivity index (χ1) is 10.4. The van der Waals surface area contributed by atoms with Crippen molar-refractivity contribution in [1.29, 1.82) is 0 Å². The SMILES string of the molecule is COc1cc(CCC(=O)N(C)CC(C)C)cc(OC)c1OC. The van der Waals surface area contributed by atoms with Crippen LogP contribution in [0.2, 0.25) is 0 Å². The second kappa shape index (κ2) is 8.51. The number of hydrogen-bond donors (Lipinski definition) is 0. The monoisotopic (exact) mass is 309 g/mol. The second-order valence-electron chi connectivity index (χ2n) is 5.70. The first-order valence-electron chi connectivity index (χ1n) is 7.45. The fraction of sp³-hybridized carbons (Fsp3) is 0.588. The van der Waals surface area contributed by atoms with Crippen molar-refractivity contribution in [2.75, 3.05) is 34.9 Å². The van der Waals surface area contributed by atoms with Gasteiger partial charge >= 0.3 is 0 Å². The van der Waals surface area contributed by atoms with E-state index >= 15 is 0 Å². The number of carbonyl (C=O) groups excluding carboxylic acids is 1. The summed E-state index contributed by atoms with van der Waals surface area (Å²) < 4.78 is 15.9. The summed E-state index contributed by atoms with van der Waals surface area (Å²) >= 11 is 0. The maximum absolute atomic E-state index is 12.1. The normalized spacial score (nSPS) is 10.5. The van der Waals surface area contributed by atoms with Crippen LogP contribution in [0.15, 0.2) is 12.1 Å².